The molecule has 0 spiro atoms. The topological polar surface area (TPSA) is 106 Å². The van der Waals surface area contributed by atoms with Gasteiger partial charge in [0.05, 0.1) is 0 Å². The summed E-state index contributed by atoms with van der Waals surface area (Å²) < 4.78 is 11.2. The second-order valence-electron chi connectivity index (χ2n) is 14.4. The van der Waals surface area contributed by atoms with Gasteiger partial charge < -0.3 is 19.5 Å². The van der Waals surface area contributed by atoms with Crippen molar-refractivity contribution in [1.29, 1.82) is 0 Å². The molecular formula is C39H48N2O6S2. The van der Waals surface area contributed by atoms with Gasteiger partial charge in [0.15, 0.2) is 0 Å². The van der Waals surface area contributed by atoms with Gasteiger partial charge in [0.1, 0.15) is 19.3 Å². The molecule has 0 aliphatic heterocycles. The van der Waals surface area contributed by atoms with Gasteiger partial charge in [0, 0.05) is 43.3 Å². The quantitative estimate of drug-likeness (QED) is 0.0952. The molecule has 262 valence electrons. The largest absolute Gasteiger partial charge is 0.508 e. The molecule has 1 amide bonds. The zero-order valence-corrected chi connectivity index (χ0v) is 30.2. The van der Waals surface area contributed by atoms with Gasteiger partial charge in [-0.2, -0.15) is 0 Å². The molecule has 2 fully saturated rings. The number of amides is 1. The van der Waals surface area contributed by atoms with Crippen LogP contribution in [-0.4, -0.2) is 63.8 Å². The van der Waals surface area contributed by atoms with E-state index in [1.54, 1.807) is 0 Å². The molecule has 49 heavy (non-hydrogen) atoms. The van der Waals surface area contributed by atoms with E-state index in [0.29, 0.717) is 29.3 Å². The maximum Gasteiger partial charge on any atom is 0.508 e. The fourth-order valence-corrected chi connectivity index (χ4v) is 11.0. The minimum atomic E-state index is -1.03. The molecule has 1 unspecified atom stereocenters. The monoisotopic (exact) mass is 704 g/mol. The van der Waals surface area contributed by atoms with Crippen LogP contribution in [0.1, 0.15) is 76.3 Å². The molecule has 6 atom stereocenters. The minimum absolute atomic E-state index is 0.153. The number of allylic oxidation sites excluding steroid dienone is 3. The van der Waals surface area contributed by atoms with Crippen LogP contribution in [0.4, 0.5) is 4.79 Å². The molecule has 1 aromatic carbocycles. The Hall–Kier alpha value is -3.24. The summed E-state index contributed by atoms with van der Waals surface area (Å²) in [6, 6.07) is 13.6. The molecule has 2 aromatic rings. The van der Waals surface area contributed by atoms with Crippen LogP contribution in [0.5, 0.6) is 0 Å². The first kappa shape index (κ1) is 35.6. The van der Waals surface area contributed by atoms with Gasteiger partial charge in [0.2, 0.25) is 5.91 Å². The Balaban J connectivity index is 0.906. The number of aromatic nitrogens is 1. The number of hydrogen-bond acceptors (Lipinski definition) is 8. The normalized spacial score (nSPS) is 28.6. The number of nitrogens with zero attached hydrogens (tertiary/aromatic N) is 2. The smallest absolute Gasteiger partial charge is 0.480 e. The zero-order chi connectivity index (χ0) is 34.4. The number of ether oxygens (including phenoxy) is 2. The summed E-state index contributed by atoms with van der Waals surface area (Å²) in [4.78, 5) is 42.3. The van der Waals surface area contributed by atoms with Gasteiger partial charge in [-0.15, -0.1) is 0 Å². The lowest BCUT2D eigenvalue weighted by atomic mass is 9.47. The maximum absolute atomic E-state index is 12.7. The Kier molecular flexibility index (Phi) is 11.4. The highest BCUT2D eigenvalue weighted by molar-refractivity contribution is 8.76. The first-order chi connectivity index (χ1) is 23.7. The summed E-state index contributed by atoms with van der Waals surface area (Å²) in [6.45, 7) is 5.13. The van der Waals surface area contributed by atoms with Gasteiger partial charge in [-0.3, -0.25) is 14.6 Å². The number of fused-ring (bicyclic) bond motifs is 5. The predicted octanol–water partition coefficient (Wildman–Crippen LogP) is 8.44. The number of aliphatic carboxylic acids is 1. The first-order valence-corrected chi connectivity index (χ1v) is 20.1. The lowest BCUT2D eigenvalue weighted by Gasteiger charge is -2.57. The molecule has 1 heterocycles. The number of carbonyl (C=O) groups is 3. The number of benzene rings is 1. The average molecular weight is 705 g/mol. The number of carboxylic acids is 1. The number of hydrogen-bond donors (Lipinski definition) is 1. The van der Waals surface area contributed by atoms with Gasteiger partial charge in [-0.05, 0) is 89.9 Å². The lowest BCUT2D eigenvalue weighted by Crippen LogP contribution is -2.50. The number of rotatable bonds is 13. The SMILES string of the molecule is C[C@]12CC[C@H](OC(=O)OCCSSCCC(=O)N(CC(=O)O)Cc3ccccc3)CC1=CC[C@H]1C3CC=C(c4cccnc4)[C@@]3(C)CC[C@@H]12. The molecular weight excluding hydrogens is 657 g/mol. The van der Waals surface area contributed by atoms with Crippen molar-refractivity contribution in [2.75, 3.05) is 24.7 Å². The Morgan fingerprint density at radius 2 is 1.76 bits per heavy atom. The first-order valence-electron chi connectivity index (χ1n) is 17.6. The van der Waals surface area contributed by atoms with Gasteiger partial charge in [-0.1, -0.05) is 89.6 Å². The second kappa shape index (κ2) is 15.8. The van der Waals surface area contributed by atoms with E-state index in [2.05, 4.69) is 37.0 Å². The van der Waals surface area contributed by atoms with Crippen LogP contribution in [-0.2, 0) is 25.6 Å². The van der Waals surface area contributed by atoms with E-state index in [-0.39, 0.29) is 49.0 Å². The van der Waals surface area contributed by atoms with Crippen molar-refractivity contribution in [3.05, 3.63) is 83.7 Å². The van der Waals surface area contributed by atoms with E-state index in [4.69, 9.17) is 9.47 Å². The summed E-state index contributed by atoms with van der Waals surface area (Å²) in [5.74, 6) is 1.88. The van der Waals surface area contributed by atoms with Crippen molar-refractivity contribution in [2.24, 2.45) is 28.6 Å². The fraction of sp³-hybridized carbons (Fsp3) is 0.538. The van der Waals surface area contributed by atoms with Crippen molar-refractivity contribution in [2.45, 2.75) is 77.9 Å². The Labute approximate surface area is 297 Å². The van der Waals surface area contributed by atoms with Crippen LogP contribution >= 0.6 is 21.6 Å². The van der Waals surface area contributed by atoms with Crippen LogP contribution in [0.25, 0.3) is 5.57 Å². The van der Waals surface area contributed by atoms with E-state index < -0.39 is 12.1 Å². The molecule has 8 nitrogen and oxygen atoms in total. The second-order valence-corrected chi connectivity index (χ2v) is 17.1. The molecule has 1 aromatic heterocycles. The molecule has 2 saturated carbocycles. The van der Waals surface area contributed by atoms with Crippen molar-refractivity contribution < 1.29 is 29.0 Å². The zero-order valence-electron chi connectivity index (χ0n) is 28.6. The van der Waals surface area contributed by atoms with E-state index in [1.165, 1.54) is 56.0 Å². The summed E-state index contributed by atoms with van der Waals surface area (Å²) in [6.07, 6.45) is 15.7. The third-order valence-corrected chi connectivity index (χ3v) is 14.0. The number of carbonyl (C=O) groups excluding carboxylic acids is 2. The highest BCUT2D eigenvalue weighted by atomic mass is 33.1. The van der Waals surface area contributed by atoms with E-state index in [0.717, 1.165) is 37.7 Å². The third kappa shape index (κ3) is 8.06. The van der Waals surface area contributed by atoms with Crippen LogP contribution in [0.15, 0.2) is 72.6 Å². The molecule has 6 rings (SSSR count). The summed E-state index contributed by atoms with van der Waals surface area (Å²) in [5.41, 5.74) is 5.49. The molecule has 0 radical (unpaired) electrons. The van der Waals surface area contributed by atoms with Crippen molar-refractivity contribution in [1.82, 2.24) is 9.88 Å². The van der Waals surface area contributed by atoms with E-state index >= 15 is 0 Å². The number of pyridine rings is 1. The molecule has 4 aliphatic carbocycles. The lowest BCUT2D eigenvalue weighted by molar-refractivity contribution is -0.144. The van der Waals surface area contributed by atoms with Gasteiger partial charge in [-0.25, -0.2) is 4.79 Å². The van der Waals surface area contributed by atoms with Crippen LogP contribution in [0.2, 0.25) is 0 Å². The Bertz CT molecular complexity index is 1550. The molecule has 1 N–H and O–H groups in total. The maximum atomic E-state index is 12.7. The highest BCUT2D eigenvalue weighted by Crippen LogP contribution is 2.66. The molecule has 0 saturated heterocycles. The fourth-order valence-electron chi connectivity index (χ4n) is 9.20. The van der Waals surface area contributed by atoms with Gasteiger partial charge in [0.25, 0.3) is 0 Å². The van der Waals surface area contributed by atoms with Crippen LogP contribution < -0.4 is 0 Å². The molecule has 4 aliphatic rings. The number of carboxylic acid groups (broad SMARTS) is 1. The Morgan fingerprint density at radius 1 is 0.959 bits per heavy atom. The van der Waals surface area contributed by atoms with Crippen molar-refractivity contribution >= 4 is 45.2 Å². The van der Waals surface area contributed by atoms with E-state index in [9.17, 15) is 19.5 Å². The summed E-state index contributed by atoms with van der Waals surface area (Å²) in [5, 5.41) is 9.24. The van der Waals surface area contributed by atoms with Gasteiger partial charge >= 0.3 is 12.1 Å². The van der Waals surface area contributed by atoms with Crippen LogP contribution in [0.3, 0.4) is 0 Å². The van der Waals surface area contributed by atoms with Crippen molar-refractivity contribution in [3.8, 4) is 0 Å². The van der Waals surface area contributed by atoms with Crippen molar-refractivity contribution in [3.63, 3.8) is 0 Å². The molecule has 0 bridgehead atoms. The third-order valence-electron chi connectivity index (χ3n) is 11.6. The van der Waals surface area contributed by atoms with Crippen LogP contribution in [0, 0.1) is 28.6 Å². The van der Waals surface area contributed by atoms with E-state index in [1.807, 2.05) is 48.8 Å². The predicted molar refractivity (Wildman–Crippen MR) is 195 cm³/mol. The minimum Gasteiger partial charge on any atom is -0.480 e. The summed E-state index contributed by atoms with van der Waals surface area (Å²) >= 11 is 0. The standard InChI is InChI=1S/C39H48N2O6S2/c1-38-17-14-30(23-29(38)10-11-31-33-13-12-32(28-9-6-19-40-24-28)39(33,2)18-15-34(31)38)47-37(45)46-20-22-49-48-21-16-35(42)41(26-36(43)44)25-27-7-4-3-5-8-27/h3-10,12,19,24,30-31,33-34H,11,13-18,20-23,25-26H2,1-2H3,(H,43,44)/t30-,31-,33?,34-,38-,39+/m0/s1. The average Bonchev–Trinajstić information content (AvgIpc) is 3.45. The Morgan fingerprint density at radius 3 is 2.53 bits per heavy atom. The molecule has 10 heteroatoms. The summed E-state index contributed by atoms with van der Waals surface area (Å²) in [7, 11) is 3.04. The highest BCUT2D eigenvalue weighted by Gasteiger charge is 2.57.